The normalized spacial score (nSPS) is 10.0. The van der Waals surface area contributed by atoms with E-state index < -0.39 is 11.9 Å². The number of anilines is 1. The predicted octanol–water partition coefficient (Wildman–Crippen LogP) is 3.72. The number of phenolic OH excluding ortho intramolecular Hbond substituents is 1. The van der Waals surface area contributed by atoms with Crippen molar-refractivity contribution in [1.82, 2.24) is 9.55 Å². The number of ether oxygens (including phenoxy) is 1. The Balaban J connectivity index is 0.000000501. The first-order chi connectivity index (χ1) is 14.7. The van der Waals surface area contributed by atoms with Crippen LogP contribution in [0.15, 0.2) is 53.1 Å². The van der Waals surface area contributed by atoms with E-state index in [0.29, 0.717) is 18.9 Å². The van der Waals surface area contributed by atoms with Crippen LogP contribution in [0.5, 0.6) is 11.5 Å². The number of halogens is 1. The predicted molar refractivity (Wildman–Crippen MR) is 118 cm³/mol. The molecule has 0 saturated heterocycles. The smallest absolute Gasteiger partial charge is 0.414 e. The van der Waals surface area contributed by atoms with Crippen LogP contribution in [-0.2, 0) is 23.2 Å². The van der Waals surface area contributed by atoms with Crippen molar-refractivity contribution in [2.24, 2.45) is 7.05 Å². The Hall–Kier alpha value is -3.53. The Morgan fingerprint density at radius 1 is 1.13 bits per heavy atom. The fourth-order valence-electron chi connectivity index (χ4n) is 2.58. The fraction of sp³-hybridized carbons (Fsp3) is 0.190. The molecule has 3 aromatic rings. The Morgan fingerprint density at radius 2 is 1.77 bits per heavy atom. The van der Waals surface area contributed by atoms with Crippen LogP contribution in [0.2, 0.25) is 0 Å². The molecule has 0 fully saturated rings. The Morgan fingerprint density at radius 3 is 2.35 bits per heavy atom. The van der Waals surface area contributed by atoms with Crippen molar-refractivity contribution in [3.8, 4) is 22.8 Å². The summed E-state index contributed by atoms with van der Waals surface area (Å²) in [6.07, 6.45) is 1.86. The van der Waals surface area contributed by atoms with Crippen LogP contribution in [0.1, 0.15) is 12.5 Å². The highest BCUT2D eigenvalue weighted by molar-refractivity contribution is 9.10. The third kappa shape index (κ3) is 6.75. The molecule has 0 radical (unpaired) electrons. The lowest BCUT2D eigenvalue weighted by Crippen LogP contribution is -2.09. The van der Waals surface area contributed by atoms with Crippen LogP contribution in [0.3, 0.4) is 0 Å². The van der Waals surface area contributed by atoms with E-state index in [-0.39, 0.29) is 5.75 Å². The first-order valence-electron chi connectivity index (χ1n) is 9.15. The van der Waals surface area contributed by atoms with Crippen LogP contribution in [0, 0.1) is 0 Å². The third-order valence-electron chi connectivity index (χ3n) is 4.09. The molecule has 164 valence electrons. The van der Waals surface area contributed by atoms with Gasteiger partial charge in [-0.05, 0) is 42.3 Å². The zero-order valence-corrected chi connectivity index (χ0v) is 18.5. The van der Waals surface area contributed by atoms with E-state index in [9.17, 15) is 5.11 Å². The number of carbonyl (C=O) groups is 2. The SMILES string of the molecule is CCOc1cc(CNc2ncc(-c3ccc(Br)cc3)n2C)ccc1O.O=C(O)C(=O)O. The second-order valence-electron chi connectivity index (χ2n) is 6.23. The van der Waals surface area contributed by atoms with Gasteiger partial charge < -0.3 is 29.9 Å². The molecule has 0 amide bonds. The molecule has 0 bridgehead atoms. The lowest BCUT2D eigenvalue weighted by molar-refractivity contribution is -0.159. The molecular weight excluding hydrogens is 470 g/mol. The molecule has 0 spiro atoms. The molecule has 1 heterocycles. The number of rotatable bonds is 6. The Bertz CT molecular complexity index is 1040. The van der Waals surface area contributed by atoms with Gasteiger partial charge in [-0.1, -0.05) is 34.1 Å². The van der Waals surface area contributed by atoms with Crippen LogP contribution in [-0.4, -0.2) is 43.4 Å². The summed E-state index contributed by atoms with van der Waals surface area (Å²) >= 11 is 3.45. The summed E-state index contributed by atoms with van der Waals surface area (Å²) in [6, 6.07) is 13.5. The van der Waals surface area contributed by atoms with E-state index in [2.05, 4.69) is 38.4 Å². The number of hydrogen-bond acceptors (Lipinski definition) is 6. The Kier molecular flexibility index (Phi) is 8.44. The van der Waals surface area contributed by atoms with E-state index in [1.54, 1.807) is 6.07 Å². The molecule has 0 aliphatic rings. The minimum atomic E-state index is -1.82. The van der Waals surface area contributed by atoms with Crippen LogP contribution in [0.4, 0.5) is 5.95 Å². The van der Waals surface area contributed by atoms with Gasteiger partial charge in [0.15, 0.2) is 11.5 Å². The number of imidazole rings is 1. The van der Waals surface area contributed by atoms with Gasteiger partial charge in [-0.15, -0.1) is 0 Å². The van der Waals surface area contributed by atoms with Gasteiger partial charge >= 0.3 is 11.9 Å². The van der Waals surface area contributed by atoms with Crippen LogP contribution < -0.4 is 10.1 Å². The molecule has 4 N–H and O–H groups in total. The summed E-state index contributed by atoms with van der Waals surface area (Å²) in [7, 11) is 1.98. The van der Waals surface area contributed by atoms with Gasteiger partial charge in [0.05, 0.1) is 18.5 Å². The van der Waals surface area contributed by atoms with Crippen LogP contribution in [0.25, 0.3) is 11.3 Å². The average Bonchev–Trinajstić information content (AvgIpc) is 3.10. The molecule has 0 unspecified atom stereocenters. The molecule has 31 heavy (non-hydrogen) atoms. The maximum absolute atomic E-state index is 9.78. The highest BCUT2D eigenvalue weighted by Crippen LogP contribution is 2.28. The van der Waals surface area contributed by atoms with Crippen molar-refractivity contribution in [3.63, 3.8) is 0 Å². The van der Waals surface area contributed by atoms with Crippen LogP contribution >= 0.6 is 15.9 Å². The maximum atomic E-state index is 9.78. The molecule has 3 rings (SSSR count). The summed E-state index contributed by atoms with van der Waals surface area (Å²) in [4.78, 5) is 22.7. The number of phenols is 1. The largest absolute Gasteiger partial charge is 0.504 e. The van der Waals surface area contributed by atoms with Crippen molar-refractivity contribution in [1.29, 1.82) is 0 Å². The third-order valence-corrected chi connectivity index (χ3v) is 4.61. The van der Waals surface area contributed by atoms with Crippen molar-refractivity contribution in [2.75, 3.05) is 11.9 Å². The zero-order chi connectivity index (χ0) is 23.0. The molecule has 10 heteroatoms. The first-order valence-corrected chi connectivity index (χ1v) is 9.94. The monoisotopic (exact) mass is 491 g/mol. The minimum Gasteiger partial charge on any atom is -0.504 e. The molecule has 0 aliphatic heterocycles. The molecular formula is C21H22BrN3O6. The van der Waals surface area contributed by atoms with E-state index >= 15 is 0 Å². The van der Waals surface area contributed by atoms with Gasteiger partial charge in [-0.25, -0.2) is 14.6 Å². The summed E-state index contributed by atoms with van der Waals surface area (Å²) in [6.45, 7) is 2.99. The summed E-state index contributed by atoms with van der Waals surface area (Å²) < 4.78 is 8.49. The van der Waals surface area contributed by atoms with Gasteiger partial charge in [-0.2, -0.15) is 0 Å². The highest BCUT2D eigenvalue weighted by Gasteiger charge is 2.09. The van der Waals surface area contributed by atoms with Gasteiger partial charge in [0.1, 0.15) is 0 Å². The van der Waals surface area contributed by atoms with Gasteiger partial charge in [0.25, 0.3) is 0 Å². The van der Waals surface area contributed by atoms with Crippen molar-refractivity contribution in [3.05, 3.63) is 58.7 Å². The number of aromatic nitrogens is 2. The van der Waals surface area contributed by atoms with Crippen molar-refractivity contribution >= 4 is 33.8 Å². The summed E-state index contributed by atoms with van der Waals surface area (Å²) in [5, 5.41) is 27.9. The quantitative estimate of drug-likeness (QED) is 0.383. The number of hydrogen-bond donors (Lipinski definition) is 4. The standard InChI is InChI=1S/C19H20BrN3O2.C2H2O4/c1-3-25-18-10-13(4-9-17(18)24)11-21-19-22-12-16(23(19)2)14-5-7-15(20)8-6-14;3-1(4)2(5)6/h4-10,12,24H,3,11H2,1-2H3,(H,21,22);(H,3,4)(H,5,6). The van der Waals surface area contributed by atoms with Gasteiger partial charge in [-0.3, -0.25) is 0 Å². The molecule has 9 nitrogen and oxygen atoms in total. The fourth-order valence-corrected chi connectivity index (χ4v) is 2.85. The number of nitrogens with zero attached hydrogens (tertiary/aromatic N) is 2. The van der Waals surface area contributed by atoms with E-state index in [4.69, 9.17) is 24.5 Å². The number of benzene rings is 2. The number of aliphatic carboxylic acids is 2. The highest BCUT2D eigenvalue weighted by atomic mass is 79.9. The lowest BCUT2D eigenvalue weighted by Gasteiger charge is -2.11. The van der Waals surface area contributed by atoms with E-state index in [1.807, 2.05) is 49.0 Å². The maximum Gasteiger partial charge on any atom is 0.414 e. The van der Waals surface area contributed by atoms with Crippen molar-refractivity contribution < 1.29 is 29.6 Å². The second-order valence-corrected chi connectivity index (χ2v) is 7.15. The van der Waals surface area contributed by atoms with Gasteiger partial charge in [0.2, 0.25) is 5.95 Å². The second kappa shape index (κ2) is 11.0. The molecule has 1 aromatic heterocycles. The Labute approximate surface area is 187 Å². The van der Waals surface area contributed by atoms with E-state index in [1.165, 1.54) is 0 Å². The number of aromatic hydroxyl groups is 1. The average molecular weight is 492 g/mol. The molecule has 0 aliphatic carbocycles. The first kappa shape index (κ1) is 23.7. The molecule has 0 saturated carbocycles. The topological polar surface area (TPSA) is 134 Å². The number of carboxylic acid groups (broad SMARTS) is 2. The van der Waals surface area contributed by atoms with Gasteiger partial charge in [0, 0.05) is 18.1 Å². The minimum absolute atomic E-state index is 0.153. The van der Waals surface area contributed by atoms with Crippen molar-refractivity contribution in [2.45, 2.75) is 13.5 Å². The molecule has 0 atom stereocenters. The number of carboxylic acids is 2. The summed E-state index contributed by atoms with van der Waals surface area (Å²) in [5.41, 5.74) is 3.15. The van der Waals surface area contributed by atoms with E-state index in [0.717, 1.165) is 27.2 Å². The molecule has 2 aromatic carbocycles. The zero-order valence-electron chi connectivity index (χ0n) is 16.9. The summed E-state index contributed by atoms with van der Waals surface area (Å²) in [5.74, 6) is -2.22. The number of nitrogens with one attached hydrogen (secondary N) is 1. The lowest BCUT2D eigenvalue weighted by atomic mass is 10.2.